The van der Waals surface area contributed by atoms with Gasteiger partial charge < -0.3 is 19.7 Å². The number of aliphatic carboxylic acids is 2. The zero-order valence-electron chi connectivity index (χ0n) is 16.6. The zero-order valence-corrected chi connectivity index (χ0v) is 16.6. The Labute approximate surface area is 173 Å². The molecule has 0 saturated carbocycles. The number of rotatable bonds is 9. The van der Waals surface area contributed by atoms with Crippen molar-refractivity contribution in [1.82, 2.24) is 0 Å². The first-order chi connectivity index (χ1) is 14.3. The largest absolute Gasteiger partial charge is 0.481 e. The number of esters is 2. The van der Waals surface area contributed by atoms with E-state index in [0.717, 1.165) is 0 Å². The molecule has 8 heteroatoms. The molecule has 2 aromatic rings. The van der Waals surface area contributed by atoms with Crippen LogP contribution in [0.3, 0.4) is 0 Å². The molecule has 8 nitrogen and oxygen atoms in total. The standard InChI is InChI=1S/C22H22O8/c1-29-19(25)14-8-3-5-10-16(14)22(21(27)28,13-7-12-18(23)24)17-11-6-4-9-15(17)20(26)30-2/h3-6,8-11H,7,12-13H2,1-2H3,(H,23,24)(H,27,28). The minimum absolute atomic E-state index is 0.00729. The summed E-state index contributed by atoms with van der Waals surface area (Å²) in [6.45, 7) is 0. The van der Waals surface area contributed by atoms with Gasteiger partial charge in [0.2, 0.25) is 0 Å². The van der Waals surface area contributed by atoms with Gasteiger partial charge in [0.25, 0.3) is 0 Å². The molecule has 0 fully saturated rings. The fourth-order valence-corrected chi connectivity index (χ4v) is 3.54. The van der Waals surface area contributed by atoms with Crippen LogP contribution in [0.15, 0.2) is 48.5 Å². The topological polar surface area (TPSA) is 127 Å². The normalized spacial score (nSPS) is 10.9. The Kier molecular flexibility index (Phi) is 7.30. The van der Waals surface area contributed by atoms with E-state index >= 15 is 0 Å². The lowest BCUT2D eigenvalue weighted by Gasteiger charge is -2.33. The van der Waals surface area contributed by atoms with Crippen LogP contribution in [0.2, 0.25) is 0 Å². The molecule has 0 aromatic heterocycles. The molecular weight excluding hydrogens is 392 g/mol. The molecule has 0 amide bonds. The first-order valence-corrected chi connectivity index (χ1v) is 9.10. The lowest BCUT2D eigenvalue weighted by atomic mass is 9.68. The summed E-state index contributed by atoms with van der Waals surface area (Å²) in [7, 11) is 2.35. The van der Waals surface area contributed by atoms with Crippen molar-refractivity contribution in [1.29, 1.82) is 0 Å². The molecule has 0 atom stereocenters. The second kappa shape index (κ2) is 9.69. The second-order valence-electron chi connectivity index (χ2n) is 6.53. The Morgan fingerprint density at radius 3 is 1.60 bits per heavy atom. The quantitative estimate of drug-likeness (QED) is 0.600. The summed E-state index contributed by atoms with van der Waals surface area (Å²) >= 11 is 0. The van der Waals surface area contributed by atoms with E-state index < -0.39 is 29.3 Å². The first-order valence-electron chi connectivity index (χ1n) is 9.10. The highest BCUT2D eigenvalue weighted by atomic mass is 16.5. The van der Waals surface area contributed by atoms with E-state index in [0.29, 0.717) is 0 Å². The Morgan fingerprint density at radius 2 is 1.23 bits per heavy atom. The molecule has 2 rings (SSSR count). The zero-order chi connectivity index (χ0) is 22.3. The minimum atomic E-state index is -1.88. The van der Waals surface area contributed by atoms with Gasteiger partial charge in [-0.2, -0.15) is 0 Å². The summed E-state index contributed by atoms with van der Waals surface area (Å²) in [5, 5.41) is 19.5. The molecule has 0 bridgehead atoms. The highest BCUT2D eigenvalue weighted by molar-refractivity contribution is 5.99. The fourth-order valence-electron chi connectivity index (χ4n) is 3.54. The monoisotopic (exact) mass is 414 g/mol. The van der Waals surface area contributed by atoms with E-state index in [2.05, 4.69) is 0 Å². The Morgan fingerprint density at radius 1 is 0.800 bits per heavy atom. The number of methoxy groups -OCH3 is 2. The van der Waals surface area contributed by atoms with Gasteiger partial charge in [-0.15, -0.1) is 0 Å². The van der Waals surface area contributed by atoms with E-state index in [1.165, 1.54) is 38.5 Å². The van der Waals surface area contributed by atoms with Crippen molar-refractivity contribution in [2.24, 2.45) is 0 Å². The lowest BCUT2D eigenvalue weighted by molar-refractivity contribution is -0.143. The van der Waals surface area contributed by atoms with E-state index in [1.807, 2.05) is 0 Å². The maximum Gasteiger partial charge on any atom is 0.338 e. The Bertz CT molecular complexity index is 904. The van der Waals surface area contributed by atoms with Crippen molar-refractivity contribution in [3.63, 3.8) is 0 Å². The van der Waals surface area contributed by atoms with Crippen molar-refractivity contribution in [3.8, 4) is 0 Å². The van der Waals surface area contributed by atoms with Crippen molar-refractivity contribution in [2.45, 2.75) is 24.7 Å². The number of carbonyl (C=O) groups is 4. The molecule has 0 aliphatic heterocycles. The van der Waals surface area contributed by atoms with Crippen LogP contribution in [0.4, 0.5) is 0 Å². The van der Waals surface area contributed by atoms with Crippen LogP contribution in [-0.4, -0.2) is 48.3 Å². The summed E-state index contributed by atoms with van der Waals surface area (Å²) in [6, 6.07) is 12.0. The highest BCUT2D eigenvalue weighted by Crippen LogP contribution is 2.41. The second-order valence-corrected chi connectivity index (χ2v) is 6.53. The average molecular weight is 414 g/mol. The Balaban J connectivity index is 2.87. The van der Waals surface area contributed by atoms with Crippen LogP contribution >= 0.6 is 0 Å². The van der Waals surface area contributed by atoms with Crippen molar-refractivity contribution in [3.05, 3.63) is 70.8 Å². The van der Waals surface area contributed by atoms with Gasteiger partial charge >= 0.3 is 23.9 Å². The molecule has 0 aliphatic carbocycles. The predicted molar refractivity (Wildman–Crippen MR) is 105 cm³/mol. The molecule has 0 radical (unpaired) electrons. The van der Waals surface area contributed by atoms with E-state index in [9.17, 15) is 24.3 Å². The summed E-state index contributed by atoms with van der Waals surface area (Å²) < 4.78 is 9.62. The maximum absolute atomic E-state index is 12.8. The number of hydrogen-bond acceptors (Lipinski definition) is 6. The molecule has 2 aromatic carbocycles. The lowest BCUT2D eigenvalue weighted by Crippen LogP contribution is -2.40. The number of hydrogen-bond donors (Lipinski definition) is 2. The Hall–Kier alpha value is -3.68. The van der Waals surface area contributed by atoms with Crippen LogP contribution in [0, 0.1) is 0 Å². The van der Waals surface area contributed by atoms with Gasteiger partial charge in [0.05, 0.1) is 25.3 Å². The summed E-state index contributed by atoms with van der Waals surface area (Å²) in [5.41, 5.74) is -1.66. The molecule has 0 heterocycles. The molecule has 30 heavy (non-hydrogen) atoms. The molecule has 0 spiro atoms. The smallest absolute Gasteiger partial charge is 0.338 e. The third-order valence-corrected chi connectivity index (χ3v) is 4.89. The van der Waals surface area contributed by atoms with Gasteiger partial charge in [-0.1, -0.05) is 36.4 Å². The van der Waals surface area contributed by atoms with Gasteiger partial charge in [-0.25, -0.2) is 9.59 Å². The minimum Gasteiger partial charge on any atom is -0.481 e. The fraction of sp³-hybridized carbons (Fsp3) is 0.273. The van der Waals surface area contributed by atoms with Gasteiger partial charge in [0.1, 0.15) is 5.41 Å². The number of ether oxygens (including phenoxy) is 2. The molecule has 158 valence electrons. The summed E-state index contributed by atoms with van der Waals surface area (Å²) in [4.78, 5) is 48.6. The highest BCUT2D eigenvalue weighted by Gasteiger charge is 2.46. The van der Waals surface area contributed by atoms with Gasteiger partial charge in [-0.3, -0.25) is 9.59 Å². The van der Waals surface area contributed by atoms with Gasteiger partial charge in [0, 0.05) is 6.42 Å². The number of carboxylic acid groups (broad SMARTS) is 2. The van der Waals surface area contributed by atoms with Crippen molar-refractivity contribution >= 4 is 23.9 Å². The third-order valence-electron chi connectivity index (χ3n) is 4.89. The van der Waals surface area contributed by atoms with Crippen LogP contribution < -0.4 is 0 Å². The van der Waals surface area contributed by atoms with Crippen molar-refractivity contribution < 1.29 is 38.9 Å². The van der Waals surface area contributed by atoms with E-state index in [-0.39, 0.29) is 41.5 Å². The SMILES string of the molecule is COC(=O)c1ccccc1C(CCCC(=O)O)(C(=O)O)c1ccccc1C(=O)OC. The molecule has 2 N–H and O–H groups in total. The van der Waals surface area contributed by atoms with Crippen LogP contribution in [0.5, 0.6) is 0 Å². The van der Waals surface area contributed by atoms with Gasteiger partial charge in [0.15, 0.2) is 0 Å². The van der Waals surface area contributed by atoms with E-state index in [1.54, 1.807) is 24.3 Å². The molecular formula is C22H22O8. The molecule has 0 unspecified atom stereocenters. The van der Waals surface area contributed by atoms with Gasteiger partial charge in [-0.05, 0) is 36.1 Å². The summed E-state index contributed by atoms with van der Waals surface area (Å²) in [5.74, 6) is -3.91. The molecule has 0 aliphatic rings. The first kappa shape index (κ1) is 22.6. The number of benzene rings is 2. The third kappa shape index (κ3) is 4.32. The molecule has 0 saturated heterocycles. The number of carbonyl (C=O) groups excluding carboxylic acids is 2. The van der Waals surface area contributed by atoms with Crippen LogP contribution in [-0.2, 0) is 24.5 Å². The van der Waals surface area contributed by atoms with E-state index in [4.69, 9.17) is 14.6 Å². The van der Waals surface area contributed by atoms with Crippen molar-refractivity contribution in [2.75, 3.05) is 14.2 Å². The number of carboxylic acids is 2. The van der Waals surface area contributed by atoms with Crippen LogP contribution in [0.25, 0.3) is 0 Å². The average Bonchev–Trinajstić information content (AvgIpc) is 2.75. The summed E-state index contributed by atoms with van der Waals surface area (Å²) in [6.07, 6.45) is -0.459. The maximum atomic E-state index is 12.8. The van der Waals surface area contributed by atoms with Crippen LogP contribution in [0.1, 0.15) is 51.1 Å². The predicted octanol–water partition coefficient (Wildman–Crippen LogP) is 2.89.